The van der Waals surface area contributed by atoms with E-state index in [1.807, 2.05) is 25.1 Å². The summed E-state index contributed by atoms with van der Waals surface area (Å²) < 4.78 is 31.3. The third-order valence-corrected chi connectivity index (χ3v) is 3.08. The monoisotopic (exact) mass is 263 g/mol. The van der Waals surface area contributed by atoms with E-state index in [1.54, 1.807) is 7.11 Å². The fourth-order valence-electron chi connectivity index (χ4n) is 1.99. The van der Waals surface area contributed by atoms with E-state index in [0.29, 0.717) is 5.56 Å². The molecule has 0 saturated heterocycles. The van der Waals surface area contributed by atoms with Gasteiger partial charge in [0.1, 0.15) is 5.75 Å². The van der Waals surface area contributed by atoms with Crippen LogP contribution in [0.25, 0.3) is 0 Å². The molecule has 0 aliphatic rings. The van der Waals surface area contributed by atoms with Gasteiger partial charge in [0.15, 0.2) is 11.6 Å². The third-order valence-electron chi connectivity index (χ3n) is 3.08. The SMILES string of the molecule is COc1ccc(C(N)c2ccc(F)c(F)c2)cc1C. The minimum Gasteiger partial charge on any atom is -0.496 e. The summed E-state index contributed by atoms with van der Waals surface area (Å²) in [5.41, 5.74) is 8.36. The normalized spacial score (nSPS) is 12.3. The molecule has 0 spiro atoms. The van der Waals surface area contributed by atoms with E-state index in [-0.39, 0.29) is 0 Å². The Morgan fingerprint density at radius 3 is 2.21 bits per heavy atom. The fourth-order valence-corrected chi connectivity index (χ4v) is 1.99. The molecule has 0 aliphatic carbocycles. The summed E-state index contributed by atoms with van der Waals surface area (Å²) in [6.45, 7) is 1.90. The quantitative estimate of drug-likeness (QED) is 0.921. The maximum atomic E-state index is 13.2. The van der Waals surface area contributed by atoms with Crippen molar-refractivity contribution < 1.29 is 13.5 Å². The molecule has 1 unspecified atom stereocenters. The predicted molar refractivity (Wildman–Crippen MR) is 70.1 cm³/mol. The van der Waals surface area contributed by atoms with Crippen molar-refractivity contribution in [3.63, 3.8) is 0 Å². The standard InChI is InChI=1S/C15H15F2NO/c1-9-7-10(4-6-14(9)19-2)15(18)11-3-5-12(16)13(17)8-11/h3-8,15H,18H2,1-2H3. The smallest absolute Gasteiger partial charge is 0.159 e. The van der Waals surface area contributed by atoms with Crippen LogP contribution in [0.3, 0.4) is 0 Å². The lowest BCUT2D eigenvalue weighted by Crippen LogP contribution is -2.12. The minimum absolute atomic E-state index is 0.500. The number of aryl methyl sites for hydroxylation is 1. The maximum absolute atomic E-state index is 13.2. The summed E-state index contributed by atoms with van der Waals surface area (Å²) in [4.78, 5) is 0. The van der Waals surface area contributed by atoms with Gasteiger partial charge in [-0.05, 0) is 41.8 Å². The second kappa shape index (κ2) is 5.36. The summed E-state index contributed by atoms with van der Waals surface area (Å²) in [7, 11) is 1.59. The maximum Gasteiger partial charge on any atom is 0.159 e. The van der Waals surface area contributed by atoms with Crippen LogP contribution in [0, 0.1) is 18.6 Å². The Kier molecular flexibility index (Phi) is 3.81. The van der Waals surface area contributed by atoms with Crippen LogP contribution in [-0.4, -0.2) is 7.11 Å². The molecule has 0 aromatic heterocycles. The molecule has 0 fully saturated rings. The topological polar surface area (TPSA) is 35.2 Å². The first-order valence-corrected chi connectivity index (χ1v) is 5.88. The number of ether oxygens (including phenoxy) is 1. The molecule has 19 heavy (non-hydrogen) atoms. The van der Waals surface area contributed by atoms with E-state index < -0.39 is 17.7 Å². The van der Waals surface area contributed by atoms with Gasteiger partial charge in [0.2, 0.25) is 0 Å². The number of halogens is 2. The van der Waals surface area contributed by atoms with Gasteiger partial charge in [-0.3, -0.25) is 0 Å². The summed E-state index contributed by atoms with van der Waals surface area (Å²) in [5, 5.41) is 0. The zero-order chi connectivity index (χ0) is 14.0. The average Bonchev–Trinajstić information content (AvgIpc) is 2.41. The van der Waals surface area contributed by atoms with Crippen LogP contribution in [0.4, 0.5) is 8.78 Å². The molecule has 1 atom stereocenters. The van der Waals surface area contributed by atoms with Crippen molar-refractivity contribution in [2.75, 3.05) is 7.11 Å². The highest BCUT2D eigenvalue weighted by Crippen LogP contribution is 2.26. The van der Waals surface area contributed by atoms with E-state index in [4.69, 9.17) is 10.5 Å². The Balaban J connectivity index is 2.35. The van der Waals surface area contributed by atoms with Crippen molar-refractivity contribution in [3.05, 3.63) is 64.7 Å². The second-order valence-corrected chi connectivity index (χ2v) is 4.38. The Bertz CT molecular complexity index is 599. The van der Waals surface area contributed by atoms with Crippen molar-refractivity contribution >= 4 is 0 Å². The number of hydrogen-bond donors (Lipinski definition) is 1. The fraction of sp³-hybridized carbons (Fsp3) is 0.200. The number of methoxy groups -OCH3 is 1. The van der Waals surface area contributed by atoms with Gasteiger partial charge >= 0.3 is 0 Å². The molecular weight excluding hydrogens is 248 g/mol. The van der Waals surface area contributed by atoms with Crippen molar-refractivity contribution in [2.45, 2.75) is 13.0 Å². The van der Waals surface area contributed by atoms with Gasteiger partial charge in [0.05, 0.1) is 13.2 Å². The Labute approximate surface area is 110 Å². The highest BCUT2D eigenvalue weighted by molar-refractivity contribution is 5.40. The van der Waals surface area contributed by atoms with Gasteiger partial charge in [-0.1, -0.05) is 18.2 Å². The number of hydrogen-bond acceptors (Lipinski definition) is 2. The van der Waals surface area contributed by atoms with Crippen molar-refractivity contribution in [2.24, 2.45) is 5.73 Å². The van der Waals surface area contributed by atoms with Crippen molar-refractivity contribution in [1.29, 1.82) is 0 Å². The average molecular weight is 263 g/mol. The van der Waals surface area contributed by atoms with E-state index in [0.717, 1.165) is 29.0 Å². The minimum atomic E-state index is -0.891. The van der Waals surface area contributed by atoms with Gasteiger partial charge in [-0.15, -0.1) is 0 Å². The Morgan fingerprint density at radius 1 is 1.00 bits per heavy atom. The van der Waals surface area contributed by atoms with Gasteiger partial charge in [-0.25, -0.2) is 8.78 Å². The molecule has 0 heterocycles. The summed E-state index contributed by atoms with van der Waals surface area (Å²) in [6, 6.07) is 8.70. The van der Waals surface area contributed by atoms with E-state index in [2.05, 4.69) is 0 Å². The first-order chi connectivity index (χ1) is 9.02. The Hall–Kier alpha value is -1.94. The van der Waals surface area contributed by atoms with Crippen LogP contribution in [0.15, 0.2) is 36.4 Å². The summed E-state index contributed by atoms with van der Waals surface area (Å²) >= 11 is 0. The molecule has 0 aliphatic heterocycles. The third kappa shape index (κ3) is 2.74. The molecule has 2 aromatic rings. The molecule has 100 valence electrons. The highest BCUT2D eigenvalue weighted by atomic mass is 19.2. The first kappa shape index (κ1) is 13.5. The molecule has 2 nitrogen and oxygen atoms in total. The zero-order valence-corrected chi connectivity index (χ0v) is 10.8. The zero-order valence-electron chi connectivity index (χ0n) is 10.8. The molecular formula is C15H15F2NO. The van der Waals surface area contributed by atoms with Gasteiger partial charge in [0, 0.05) is 0 Å². The highest BCUT2D eigenvalue weighted by Gasteiger charge is 2.13. The Morgan fingerprint density at radius 2 is 1.63 bits per heavy atom. The van der Waals surface area contributed by atoms with Crippen LogP contribution in [0.2, 0.25) is 0 Å². The predicted octanol–water partition coefficient (Wildman–Crippen LogP) is 3.33. The van der Waals surface area contributed by atoms with E-state index >= 15 is 0 Å². The van der Waals surface area contributed by atoms with Crippen LogP contribution in [-0.2, 0) is 0 Å². The van der Waals surface area contributed by atoms with E-state index in [1.165, 1.54) is 6.07 Å². The molecule has 4 heteroatoms. The summed E-state index contributed by atoms with van der Waals surface area (Å²) in [6.07, 6.45) is 0. The molecule has 0 amide bonds. The number of rotatable bonds is 3. The first-order valence-electron chi connectivity index (χ1n) is 5.88. The van der Waals surface area contributed by atoms with Crippen LogP contribution >= 0.6 is 0 Å². The van der Waals surface area contributed by atoms with Crippen molar-refractivity contribution in [1.82, 2.24) is 0 Å². The van der Waals surface area contributed by atoms with Gasteiger partial charge < -0.3 is 10.5 Å². The van der Waals surface area contributed by atoms with Crippen LogP contribution in [0.1, 0.15) is 22.7 Å². The molecule has 0 radical (unpaired) electrons. The molecule has 2 N–H and O–H groups in total. The van der Waals surface area contributed by atoms with Gasteiger partial charge in [-0.2, -0.15) is 0 Å². The lowest BCUT2D eigenvalue weighted by Gasteiger charge is -2.15. The lowest BCUT2D eigenvalue weighted by atomic mass is 9.98. The number of nitrogens with two attached hydrogens (primary N) is 1. The van der Waals surface area contributed by atoms with Crippen molar-refractivity contribution in [3.8, 4) is 5.75 Å². The van der Waals surface area contributed by atoms with Crippen LogP contribution in [0.5, 0.6) is 5.75 Å². The number of benzene rings is 2. The van der Waals surface area contributed by atoms with E-state index in [9.17, 15) is 8.78 Å². The lowest BCUT2D eigenvalue weighted by molar-refractivity contribution is 0.411. The van der Waals surface area contributed by atoms with Gasteiger partial charge in [0.25, 0.3) is 0 Å². The molecule has 2 rings (SSSR count). The molecule has 2 aromatic carbocycles. The molecule has 0 saturated carbocycles. The largest absolute Gasteiger partial charge is 0.496 e. The summed E-state index contributed by atoms with van der Waals surface area (Å²) in [5.74, 6) is -0.999. The molecule has 0 bridgehead atoms. The second-order valence-electron chi connectivity index (χ2n) is 4.38. The van der Waals surface area contributed by atoms with Crippen LogP contribution < -0.4 is 10.5 Å².